The number of benzene rings is 2. The van der Waals surface area contributed by atoms with Gasteiger partial charge in [0.1, 0.15) is 0 Å². The van der Waals surface area contributed by atoms with Crippen molar-refractivity contribution in [2.45, 2.75) is 55.4 Å². The molecule has 0 radical (unpaired) electrons. The Morgan fingerprint density at radius 1 is 0.710 bits per heavy atom. The minimum absolute atomic E-state index is 0.194. The molecular formula is C25H35Cl2FeN3. The monoisotopic (exact) mass is 503 g/mol. The molecule has 2 aromatic rings. The Balaban J connectivity index is 0.00000151. The molecule has 2 rings (SSSR count). The van der Waals surface area contributed by atoms with Crippen molar-refractivity contribution in [3.63, 3.8) is 0 Å². The van der Waals surface area contributed by atoms with Gasteiger partial charge in [0.05, 0.1) is 11.4 Å². The molecule has 0 saturated heterocycles. The van der Waals surface area contributed by atoms with Crippen LogP contribution in [0.1, 0.15) is 47.2 Å². The maximum absolute atomic E-state index is 4.90. The molecule has 2 aromatic carbocycles. The molecule has 0 bridgehead atoms. The number of nitrogens with zero attached hydrogens (tertiary/aromatic N) is 3. The van der Waals surface area contributed by atoms with Gasteiger partial charge in [-0.1, -0.05) is 35.4 Å². The van der Waals surface area contributed by atoms with Crippen LogP contribution in [0.25, 0.3) is 0 Å². The van der Waals surface area contributed by atoms with Crippen molar-refractivity contribution in [3.05, 3.63) is 57.6 Å². The summed E-state index contributed by atoms with van der Waals surface area (Å²) >= 11 is 0.194. The molecule has 0 heterocycles. The van der Waals surface area contributed by atoms with Crippen LogP contribution in [0, 0.1) is 41.5 Å². The topological polar surface area (TPSA) is 28.0 Å². The quantitative estimate of drug-likeness (QED) is 0.292. The summed E-state index contributed by atoms with van der Waals surface area (Å²) in [6.07, 6.45) is 0. The second kappa shape index (κ2) is 13.4. The molecule has 0 amide bonds. The SMILES string of the molecule is CC(CN(C)CC(C)=Nc1c(C)cc(C)cc1C)=Nc1c(C)cc(C)cc1C.[Cl][Fe][Cl]. The van der Waals surface area contributed by atoms with Crippen LogP contribution in [0.4, 0.5) is 11.4 Å². The van der Waals surface area contributed by atoms with Crippen LogP contribution >= 0.6 is 20.2 Å². The van der Waals surface area contributed by atoms with E-state index in [0.29, 0.717) is 0 Å². The normalized spacial score (nSPS) is 12.3. The van der Waals surface area contributed by atoms with Crippen molar-refractivity contribution in [2.24, 2.45) is 9.98 Å². The van der Waals surface area contributed by atoms with Crippen molar-refractivity contribution >= 4 is 43.0 Å². The molecule has 0 aliphatic carbocycles. The van der Waals surface area contributed by atoms with E-state index in [1.165, 1.54) is 33.4 Å². The average Bonchev–Trinajstić information content (AvgIpc) is 2.61. The summed E-state index contributed by atoms with van der Waals surface area (Å²) in [5.41, 5.74) is 12.0. The molecule has 0 fully saturated rings. The van der Waals surface area contributed by atoms with E-state index in [4.69, 9.17) is 30.2 Å². The van der Waals surface area contributed by atoms with E-state index in [1.807, 2.05) is 0 Å². The summed E-state index contributed by atoms with van der Waals surface area (Å²) in [5, 5.41) is 0. The zero-order valence-electron chi connectivity index (χ0n) is 20.2. The van der Waals surface area contributed by atoms with Crippen molar-refractivity contribution in [1.29, 1.82) is 0 Å². The van der Waals surface area contributed by atoms with Crippen LogP contribution < -0.4 is 0 Å². The van der Waals surface area contributed by atoms with E-state index < -0.39 is 0 Å². The van der Waals surface area contributed by atoms with Crippen LogP contribution in [0.3, 0.4) is 0 Å². The van der Waals surface area contributed by atoms with Crippen molar-refractivity contribution in [3.8, 4) is 0 Å². The van der Waals surface area contributed by atoms with Crippen LogP contribution in [0.2, 0.25) is 0 Å². The molecule has 0 unspecified atom stereocenters. The van der Waals surface area contributed by atoms with Gasteiger partial charge in [0.2, 0.25) is 0 Å². The van der Waals surface area contributed by atoms with Crippen molar-refractivity contribution < 1.29 is 13.1 Å². The molecule has 172 valence electrons. The van der Waals surface area contributed by atoms with Gasteiger partial charge < -0.3 is 0 Å². The van der Waals surface area contributed by atoms with Gasteiger partial charge in [-0.25, -0.2) is 0 Å². The van der Waals surface area contributed by atoms with Gasteiger partial charge in [0.25, 0.3) is 0 Å². The molecule has 0 aliphatic rings. The molecule has 0 spiro atoms. The summed E-state index contributed by atoms with van der Waals surface area (Å²) in [5.74, 6) is 0. The molecule has 0 atom stereocenters. The van der Waals surface area contributed by atoms with E-state index in [1.54, 1.807) is 0 Å². The van der Waals surface area contributed by atoms with E-state index >= 15 is 0 Å². The van der Waals surface area contributed by atoms with Crippen LogP contribution in [-0.4, -0.2) is 36.5 Å². The van der Waals surface area contributed by atoms with E-state index in [9.17, 15) is 0 Å². The first-order valence-corrected chi connectivity index (χ1v) is 13.3. The summed E-state index contributed by atoms with van der Waals surface area (Å²) in [6, 6.07) is 8.80. The van der Waals surface area contributed by atoms with Crippen molar-refractivity contribution in [1.82, 2.24) is 4.90 Å². The minimum atomic E-state index is 0.194. The Labute approximate surface area is 203 Å². The number of halogens is 2. The molecule has 6 heteroatoms. The summed E-state index contributed by atoms with van der Waals surface area (Å²) in [6.45, 7) is 18.7. The third-order valence-corrected chi connectivity index (χ3v) is 4.87. The van der Waals surface area contributed by atoms with Crippen LogP contribution in [0.5, 0.6) is 0 Å². The molecule has 0 saturated carbocycles. The van der Waals surface area contributed by atoms with Crippen LogP contribution in [0.15, 0.2) is 34.3 Å². The van der Waals surface area contributed by atoms with E-state index in [0.717, 1.165) is 35.9 Å². The zero-order valence-corrected chi connectivity index (χ0v) is 22.8. The van der Waals surface area contributed by atoms with Gasteiger partial charge in [0.15, 0.2) is 0 Å². The number of aliphatic imine (C=N–C) groups is 2. The van der Waals surface area contributed by atoms with Gasteiger partial charge in [-0.05, 0) is 84.7 Å². The Kier molecular flexibility index (Phi) is 12.0. The first-order chi connectivity index (χ1) is 14.5. The number of aryl methyl sites for hydroxylation is 6. The first kappa shape index (κ1) is 27.9. The number of hydrogen-bond donors (Lipinski definition) is 0. The first-order valence-electron chi connectivity index (χ1n) is 10.3. The summed E-state index contributed by atoms with van der Waals surface area (Å²) in [4.78, 5) is 12.1. The van der Waals surface area contributed by atoms with Crippen molar-refractivity contribution in [2.75, 3.05) is 20.1 Å². The van der Waals surface area contributed by atoms with Gasteiger partial charge >= 0.3 is 33.3 Å². The Morgan fingerprint density at radius 2 is 0.968 bits per heavy atom. The molecule has 3 nitrogen and oxygen atoms in total. The predicted molar refractivity (Wildman–Crippen MR) is 136 cm³/mol. The zero-order chi connectivity index (χ0) is 23.7. The second-order valence-electron chi connectivity index (χ2n) is 8.41. The molecular weight excluding hydrogens is 469 g/mol. The average molecular weight is 504 g/mol. The Bertz CT molecular complexity index is 830. The van der Waals surface area contributed by atoms with Gasteiger partial charge in [0, 0.05) is 24.5 Å². The Hall–Kier alpha value is -1.16. The van der Waals surface area contributed by atoms with E-state index in [2.05, 4.69) is 91.6 Å². The van der Waals surface area contributed by atoms with Gasteiger partial charge in [-0.2, -0.15) is 0 Å². The van der Waals surface area contributed by atoms with Crippen LogP contribution in [-0.2, 0) is 13.1 Å². The fourth-order valence-corrected chi connectivity index (χ4v) is 3.99. The van der Waals surface area contributed by atoms with Gasteiger partial charge in [-0.3, -0.25) is 14.9 Å². The third-order valence-electron chi connectivity index (χ3n) is 4.87. The summed E-state index contributed by atoms with van der Waals surface area (Å²) in [7, 11) is 11.7. The fourth-order valence-electron chi connectivity index (χ4n) is 3.99. The van der Waals surface area contributed by atoms with E-state index in [-0.39, 0.29) is 13.1 Å². The maximum atomic E-state index is 4.90. The molecule has 0 aliphatic heterocycles. The standard InChI is InChI=1S/C25H35N3.2ClH.Fe/c1-16-10-18(3)24(19(4)11-16)26-22(7)14-28(9)15-23(8)27-25-20(5)12-17(2)13-21(25)6;;;/h10-13H,14-15H2,1-9H3;2*1H;/q;;;+2/p-2. The second-order valence-corrected chi connectivity index (χ2v) is 10.2. The van der Waals surface area contributed by atoms with Gasteiger partial charge in [-0.15, -0.1) is 0 Å². The third kappa shape index (κ3) is 9.47. The molecule has 31 heavy (non-hydrogen) atoms. The fraction of sp³-hybridized carbons (Fsp3) is 0.440. The predicted octanol–water partition coefficient (Wildman–Crippen LogP) is 7.73. The molecule has 0 N–H and O–H groups in total. The summed E-state index contributed by atoms with van der Waals surface area (Å²) < 4.78 is 0. The number of hydrogen-bond acceptors (Lipinski definition) is 3. The Morgan fingerprint density at radius 3 is 1.23 bits per heavy atom. The molecule has 0 aromatic heterocycles. The number of rotatable bonds is 6.